The Morgan fingerprint density at radius 1 is 1.45 bits per heavy atom. The number of nitrogen functional groups attached to an aromatic ring is 1. The first-order valence-corrected chi connectivity index (χ1v) is 6.00. The number of anilines is 1. The highest BCUT2D eigenvalue weighted by Crippen LogP contribution is 2.25. The molecule has 0 saturated carbocycles. The van der Waals surface area contributed by atoms with E-state index in [1.54, 1.807) is 6.92 Å². The van der Waals surface area contributed by atoms with Gasteiger partial charge in [0.05, 0.1) is 4.92 Å². The molecule has 1 unspecified atom stereocenters. The zero-order valence-electron chi connectivity index (χ0n) is 11.2. The molecule has 0 aliphatic heterocycles. The predicted octanol–water partition coefficient (Wildman–Crippen LogP) is 0.431. The second-order valence-corrected chi connectivity index (χ2v) is 4.09. The fraction of sp³-hybridized carbons (Fsp3) is 0.333. The summed E-state index contributed by atoms with van der Waals surface area (Å²) >= 11 is 0. The number of carbonyl (C=O) groups is 2. The van der Waals surface area contributed by atoms with E-state index in [2.05, 4.69) is 10.6 Å². The Balaban J connectivity index is 2.96. The summed E-state index contributed by atoms with van der Waals surface area (Å²) in [6, 6.07) is 3.26. The number of carbonyl (C=O) groups excluding carboxylic acids is 2. The van der Waals surface area contributed by atoms with Gasteiger partial charge in [-0.3, -0.25) is 19.7 Å². The van der Waals surface area contributed by atoms with Crippen molar-refractivity contribution in [3.8, 4) is 0 Å². The van der Waals surface area contributed by atoms with Crippen LogP contribution in [0.4, 0.5) is 11.4 Å². The summed E-state index contributed by atoms with van der Waals surface area (Å²) in [7, 11) is 0. The van der Waals surface area contributed by atoms with Gasteiger partial charge in [-0.25, -0.2) is 0 Å². The van der Waals surface area contributed by atoms with Crippen LogP contribution in [0.25, 0.3) is 0 Å². The van der Waals surface area contributed by atoms with E-state index in [1.807, 2.05) is 0 Å². The van der Waals surface area contributed by atoms with E-state index < -0.39 is 22.6 Å². The molecule has 8 nitrogen and oxygen atoms in total. The van der Waals surface area contributed by atoms with Gasteiger partial charge < -0.3 is 16.4 Å². The number of rotatable bonds is 5. The maximum absolute atomic E-state index is 12.0. The van der Waals surface area contributed by atoms with Gasteiger partial charge in [-0.05, 0) is 26.0 Å². The maximum atomic E-state index is 12.0. The van der Waals surface area contributed by atoms with E-state index in [0.717, 1.165) is 0 Å². The zero-order chi connectivity index (χ0) is 15.3. The first-order valence-electron chi connectivity index (χ1n) is 6.00. The van der Waals surface area contributed by atoms with Crippen LogP contribution in [0.3, 0.4) is 0 Å². The minimum absolute atomic E-state index is 0.103. The van der Waals surface area contributed by atoms with Crippen molar-refractivity contribution in [1.82, 2.24) is 10.6 Å². The number of nitrogens with one attached hydrogen (secondary N) is 2. The summed E-state index contributed by atoms with van der Waals surface area (Å²) in [6.07, 6.45) is 0. The summed E-state index contributed by atoms with van der Waals surface area (Å²) < 4.78 is 0. The molecule has 108 valence electrons. The van der Waals surface area contributed by atoms with Crippen LogP contribution in [-0.2, 0) is 4.79 Å². The third-order valence-electron chi connectivity index (χ3n) is 2.59. The minimum Gasteiger partial charge on any atom is -0.393 e. The quantitative estimate of drug-likeness (QED) is 0.409. The average molecular weight is 280 g/mol. The Morgan fingerprint density at radius 3 is 2.65 bits per heavy atom. The lowest BCUT2D eigenvalue weighted by atomic mass is 10.1. The molecule has 1 rings (SSSR count). The van der Waals surface area contributed by atoms with Gasteiger partial charge >= 0.3 is 5.69 Å². The van der Waals surface area contributed by atoms with Gasteiger partial charge in [0.25, 0.3) is 5.91 Å². The topological polar surface area (TPSA) is 127 Å². The molecule has 1 aromatic rings. The fourth-order valence-electron chi connectivity index (χ4n) is 1.62. The minimum atomic E-state index is -0.802. The van der Waals surface area contributed by atoms with Crippen LogP contribution in [0, 0.1) is 10.1 Å². The largest absolute Gasteiger partial charge is 0.393 e. The van der Waals surface area contributed by atoms with Crippen LogP contribution in [-0.4, -0.2) is 29.3 Å². The van der Waals surface area contributed by atoms with E-state index in [-0.39, 0.29) is 17.2 Å². The molecule has 8 heteroatoms. The Bertz CT molecular complexity index is 544. The number of nitro benzene ring substituents is 1. The summed E-state index contributed by atoms with van der Waals surface area (Å²) in [5.74, 6) is -1.09. The molecule has 0 bridgehead atoms. The third kappa shape index (κ3) is 3.44. The summed E-state index contributed by atoms with van der Waals surface area (Å²) in [4.78, 5) is 33.7. The molecular formula is C12H16N4O4. The summed E-state index contributed by atoms with van der Waals surface area (Å²) in [5, 5.41) is 15.9. The van der Waals surface area contributed by atoms with Crippen molar-refractivity contribution in [1.29, 1.82) is 0 Å². The van der Waals surface area contributed by atoms with Gasteiger partial charge in [0.1, 0.15) is 17.3 Å². The van der Waals surface area contributed by atoms with Gasteiger partial charge in [-0.15, -0.1) is 0 Å². The smallest absolute Gasteiger partial charge is 0.304 e. The summed E-state index contributed by atoms with van der Waals surface area (Å²) in [6.45, 7) is 3.66. The van der Waals surface area contributed by atoms with Crippen LogP contribution in [0.2, 0.25) is 0 Å². The lowest BCUT2D eigenvalue weighted by molar-refractivity contribution is -0.384. The fourth-order valence-corrected chi connectivity index (χ4v) is 1.62. The SMILES string of the molecule is CCNC(=O)C(C)NC(=O)c1cccc(N)c1[N+](=O)[O-]. The highest BCUT2D eigenvalue weighted by molar-refractivity contribution is 6.02. The lowest BCUT2D eigenvalue weighted by Crippen LogP contribution is -2.44. The van der Waals surface area contributed by atoms with E-state index in [1.165, 1.54) is 25.1 Å². The van der Waals surface area contributed by atoms with Gasteiger partial charge in [-0.2, -0.15) is 0 Å². The van der Waals surface area contributed by atoms with Crippen molar-refractivity contribution >= 4 is 23.2 Å². The number of likely N-dealkylation sites (N-methyl/N-ethyl adjacent to an activating group) is 1. The normalized spacial score (nSPS) is 11.5. The zero-order valence-corrected chi connectivity index (χ0v) is 11.2. The molecule has 1 aromatic carbocycles. The standard InChI is InChI=1S/C12H16N4O4/c1-3-14-11(17)7(2)15-12(18)8-5-4-6-9(13)10(8)16(19)20/h4-7H,3,13H2,1-2H3,(H,14,17)(H,15,18). The molecule has 0 aliphatic carbocycles. The second-order valence-electron chi connectivity index (χ2n) is 4.09. The van der Waals surface area contributed by atoms with Gasteiger partial charge in [-0.1, -0.05) is 6.07 Å². The molecule has 0 saturated heterocycles. The van der Waals surface area contributed by atoms with Crippen molar-refractivity contribution in [3.05, 3.63) is 33.9 Å². The Hall–Kier alpha value is -2.64. The van der Waals surface area contributed by atoms with Crippen LogP contribution in [0.1, 0.15) is 24.2 Å². The Morgan fingerprint density at radius 2 is 2.10 bits per heavy atom. The number of benzene rings is 1. The molecule has 0 fully saturated rings. The number of amides is 2. The van der Waals surface area contributed by atoms with Crippen molar-refractivity contribution < 1.29 is 14.5 Å². The van der Waals surface area contributed by atoms with Gasteiger partial charge in [0.2, 0.25) is 5.91 Å². The number of hydrogen-bond acceptors (Lipinski definition) is 5. The molecule has 2 amide bonds. The van der Waals surface area contributed by atoms with Gasteiger partial charge in [0.15, 0.2) is 0 Å². The predicted molar refractivity (Wildman–Crippen MR) is 73.1 cm³/mol. The van der Waals surface area contributed by atoms with Crippen LogP contribution < -0.4 is 16.4 Å². The molecule has 0 radical (unpaired) electrons. The van der Waals surface area contributed by atoms with Crippen molar-refractivity contribution in [2.45, 2.75) is 19.9 Å². The number of hydrogen-bond donors (Lipinski definition) is 3. The first kappa shape index (κ1) is 15.4. The van der Waals surface area contributed by atoms with Crippen LogP contribution >= 0.6 is 0 Å². The lowest BCUT2D eigenvalue weighted by Gasteiger charge is -2.13. The molecule has 0 aromatic heterocycles. The van der Waals surface area contributed by atoms with Crippen molar-refractivity contribution in [2.24, 2.45) is 0 Å². The van der Waals surface area contributed by atoms with E-state index >= 15 is 0 Å². The molecule has 0 heterocycles. The number of nitrogens with two attached hydrogens (primary N) is 1. The molecule has 0 aliphatic rings. The van der Waals surface area contributed by atoms with E-state index in [4.69, 9.17) is 5.73 Å². The van der Waals surface area contributed by atoms with Crippen molar-refractivity contribution in [3.63, 3.8) is 0 Å². The van der Waals surface area contributed by atoms with Crippen molar-refractivity contribution in [2.75, 3.05) is 12.3 Å². The first-order chi connectivity index (χ1) is 9.38. The monoisotopic (exact) mass is 280 g/mol. The number of nitro groups is 1. The molecule has 1 atom stereocenters. The highest BCUT2D eigenvalue weighted by atomic mass is 16.6. The van der Waals surface area contributed by atoms with E-state index in [0.29, 0.717) is 6.54 Å². The van der Waals surface area contributed by atoms with Crippen LogP contribution in [0.15, 0.2) is 18.2 Å². The highest BCUT2D eigenvalue weighted by Gasteiger charge is 2.25. The maximum Gasteiger partial charge on any atom is 0.304 e. The Kier molecular flexibility index (Phi) is 5.01. The number of nitrogens with zero attached hydrogens (tertiary/aromatic N) is 1. The van der Waals surface area contributed by atoms with Gasteiger partial charge in [0, 0.05) is 6.54 Å². The molecule has 20 heavy (non-hydrogen) atoms. The third-order valence-corrected chi connectivity index (χ3v) is 2.59. The molecule has 0 spiro atoms. The van der Waals surface area contributed by atoms with Crippen LogP contribution in [0.5, 0.6) is 0 Å². The molecule has 4 N–H and O–H groups in total. The average Bonchev–Trinajstić information content (AvgIpc) is 2.37. The summed E-state index contributed by atoms with van der Waals surface area (Å²) in [5.41, 5.74) is 4.75. The Labute approximate surface area is 115 Å². The number of para-hydroxylation sites is 1. The molecular weight excluding hydrogens is 264 g/mol. The van der Waals surface area contributed by atoms with E-state index in [9.17, 15) is 19.7 Å². The second kappa shape index (κ2) is 6.50.